The number of benzene rings is 2. The van der Waals surface area contributed by atoms with Crippen LogP contribution in [0.5, 0.6) is 0 Å². The number of aromatic nitrogens is 1. The van der Waals surface area contributed by atoms with E-state index in [0.717, 1.165) is 16.5 Å². The van der Waals surface area contributed by atoms with E-state index in [1.54, 1.807) is 18.2 Å². The Balaban J connectivity index is 2.03. The van der Waals surface area contributed by atoms with Gasteiger partial charge in [0.15, 0.2) is 0 Å². The number of rotatable bonds is 3. The largest absolute Gasteiger partial charge is 0.350 e. The molecule has 0 saturated heterocycles. The topological polar surface area (TPSA) is 51.4 Å². The molecule has 0 bridgehead atoms. The average molecular weight is 298 g/mol. The molecule has 1 aromatic heterocycles. The molecule has 0 aliphatic carbocycles. The molecule has 0 aliphatic heterocycles. The highest BCUT2D eigenvalue weighted by atomic mass is 32.2. The lowest BCUT2D eigenvalue weighted by molar-refractivity contribution is 0.598. The van der Waals surface area contributed by atoms with Crippen LogP contribution >= 0.6 is 0 Å². The Kier molecular flexibility index (Phi) is 3.35. The minimum atomic E-state index is -3.66. The van der Waals surface area contributed by atoms with E-state index in [2.05, 4.69) is 4.40 Å². The van der Waals surface area contributed by atoms with E-state index >= 15 is 0 Å². The molecule has 0 spiro atoms. The predicted molar refractivity (Wildman–Crippen MR) is 84.1 cm³/mol. The SMILES string of the molecule is Cn1cc(/C=N\S(=O)(=O)c2ccccc2)c2ccccc21. The lowest BCUT2D eigenvalue weighted by atomic mass is 10.2. The van der Waals surface area contributed by atoms with E-state index < -0.39 is 10.0 Å². The quantitative estimate of drug-likeness (QED) is 0.698. The Labute approximate surface area is 123 Å². The monoisotopic (exact) mass is 298 g/mol. The van der Waals surface area contributed by atoms with Gasteiger partial charge >= 0.3 is 0 Å². The summed E-state index contributed by atoms with van der Waals surface area (Å²) in [5.74, 6) is 0. The molecular formula is C16H14N2O2S. The van der Waals surface area contributed by atoms with Crippen molar-refractivity contribution in [3.05, 3.63) is 66.4 Å². The first-order valence-corrected chi connectivity index (χ1v) is 7.91. The second-order valence-corrected chi connectivity index (χ2v) is 6.37. The van der Waals surface area contributed by atoms with Gasteiger partial charge in [-0.25, -0.2) is 0 Å². The molecule has 0 aliphatic rings. The van der Waals surface area contributed by atoms with Gasteiger partial charge in [-0.1, -0.05) is 36.4 Å². The summed E-state index contributed by atoms with van der Waals surface area (Å²) in [6.07, 6.45) is 3.28. The first kappa shape index (κ1) is 13.6. The van der Waals surface area contributed by atoms with Gasteiger partial charge in [-0.2, -0.15) is 12.8 Å². The highest BCUT2D eigenvalue weighted by Gasteiger charge is 2.11. The Bertz CT molecular complexity index is 910. The maximum absolute atomic E-state index is 12.1. The van der Waals surface area contributed by atoms with Gasteiger partial charge < -0.3 is 4.57 Å². The number of hydrogen-bond donors (Lipinski definition) is 0. The summed E-state index contributed by atoms with van der Waals surface area (Å²) in [5.41, 5.74) is 1.82. The van der Waals surface area contributed by atoms with E-state index in [9.17, 15) is 8.42 Å². The van der Waals surface area contributed by atoms with Crippen LogP contribution in [0.25, 0.3) is 10.9 Å². The van der Waals surface area contributed by atoms with Crippen molar-refractivity contribution < 1.29 is 8.42 Å². The van der Waals surface area contributed by atoms with Crippen LogP contribution in [0.1, 0.15) is 5.56 Å². The van der Waals surface area contributed by atoms with Gasteiger partial charge in [0.2, 0.25) is 0 Å². The Hall–Kier alpha value is -2.40. The first-order chi connectivity index (χ1) is 10.1. The third-order valence-corrected chi connectivity index (χ3v) is 4.55. The van der Waals surface area contributed by atoms with Crippen molar-refractivity contribution in [2.24, 2.45) is 11.4 Å². The van der Waals surface area contributed by atoms with E-state index in [0.29, 0.717) is 0 Å². The molecule has 21 heavy (non-hydrogen) atoms. The van der Waals surface area contributed by atoms with Crippen molar-refractivity contribution in [2.45, 2.75) is 4.90 Å². The fourth-order valence-corrected chi connectivity index (χ4v) is 3.13. The normalized spacial score (nSPS) is 12.2. The van der Waals surface area contributed by atoms with E-state index in [1.807, 2.05) is 42.1 Å². The minimum absolute atomic E-state index is 0.196. The maximum atomic E-state index is 12.1. The van der Waals surface area contributed by atoms with Crippen LogP contribution in [0.4, 0.5) is 0 Å². The summed E-state index contributed by atoms with van der Waals surface area (Å²) in [5, 5.41) is 0.979. The van der Waals surface area contributed by atoms with Gasteiger partial charge in [-0.05, 0) is 18.2 Å². The minimum Gasteiger partial charge on any atom is -0.350 e. The lowest BCUT2D eigenvalue weighted by Crippen LogP contribution is -1.97. The molecule has 0 radical (unpaired) electrons. The molecule has 3 aromatic rings. The standard InChI is InChI=1S/C16H14N2O2S/c1-18-12-13(15-9-5-6-10-16(15)18)11-17-21(19,20)14-7-3-2-4-8-14/h2-12H,1H3/b17-11-. The molecule has 5 heteroatoms. The van der Waals surface area contributed by atoms with Gasteiger partial charge in [-0.15, -0.1) is 0 Å². The third kappa shape index (κ3) is 2.60. The Morgan fingerprint density at radius 3 is 2.43 bits per heavy atom. The number of sulfonamides is 1. The summed E-state index contributed by atoms with van der Waals surface area (Å²) < 4.78 is 30.0. The number of nitrogens with zero attached hydrogens (tertiary/aromatic N) is 2. The molecule has 0 N–H and O–H groups in total. The number of aryl methyl sites for hydroxylation is 1. The molecular weight excluding hydrogens is 284 g/mol. The van der Waals surface area contributed by atoms with Crippen LogP contribution < -0.4 is 0 Å². The van der Waals surface area contributed by atoms with Gasteiger partial charge in [0.25, 0.3) is 10.0 Å². The molecule has 106 valence electrons. The van der Waals surface area contributed by atoms with Gasteiger partial charge in [0.1, 0.15) is 0 Å². The van der Waals surface area contributed by atoms with Crippen LogP contribution in [-0.2, 0) is 17.1 Å². The Morgan fingerprint density at radius 1 is 1.00 bits per heavy atom. The van der Waals surface area contributed by atoms with Crippen LogP contribution in [0.15, 0.2) is 70.1 Å². The predicted octanol–water partition coefficient (Wildman–Crippen LogP) is 2.99. The van der Waals surface area contributed by atoms with Crippen molar-refractivity contribution >= 4 is 27.1 Å². The van der Waals surface area contributed by atoms with E-state index in [-0.39, 0.29) is 4.90 Å². The molecule has 3 rings (SSSR count). The maximum Gasteiger partial charge on any atom is 0.282 e. The molecule has 4 nitrogen and oxygen atoms in total. The molecule has 0 atom stereocenters. The lowest BCUT2D eigenvalue weighted by Gasteiger charge is -1.97. The van der Waals surface area contributed by atoms with Crippen molar-refractivity contribution in [1.82, 2.24) is 4.57 Å². The summed E-state index contributed by atoms with van der Waals surface area (Å²) in [7, 11) is -1.74. The van der Waals surface area contributed by atoms with Crippen molar-refractivity contribution in [3.8, 4) is 0 Å². The summed E-state index contributed by atoms with van der Waals surface area (Å²) in [4.78, 5) is 0.196. The molecule has 0 amide bonds. The smallest absolute Gasteiger partial charge is 0.282 e. The summed E-state index contributed by atoms with van der Waals surface area (Å²) >= 11 is 0. The van der Waals surface area contributed by atoms with Crippen LogP contribution in [0, 0.1) is 0 Å². The molecule has 2 aromatic carbocycles. The second kappa shape index (κ2) is 5.18. The first-order valence-electron chi connectivity index (χ1n) is 6.47. The van der Waals surface area contributed by atoms with E-state index in [4.69, 9.17) is 0 Å². The number of fused-ring (bicyclic) bond motifs is 1. The van der Waals surface area contributed by atoms with Crippen molar-refractivity contribution in [1.29, 1.82) is 0 Å². The number of hydrogen-bond acceptors (Lipinski definition) is 2. The fourth-order valence-electron chi connectivity index (χ4n) is 2.26. The molecule has 0 unspecified atom stereocenters. The average Bonchev–Trinajstić information content (AvgIpc) is 2.83. The summed E-state index contributed by atoms with van der Waals surface area (Å²) in [6, 6.07) is 16.0. The van der Waals surface area contributed by atoms with Crippen LogP contribution in [0.3, 0.4) is 0 Å². The Morgan fingerprint density at radius 2 is 1.67 bits per heavy atom. The van der Waals surface area contributed by atoms with Gasteiger partial charge in [-0.3, -0.25) is 0 Å². The van der Waals surface area contributed by atoms with E-state index in [1.165, 1.54) is 18.3 Å². The molecule has 0 saturated carbocycles. The second-order valence-electron chi connectivity index (χ2n) is 4.74. The van der Waals surface area contributed by atoms with Gasteiger partial charge in [0.05, 0.1) is 4.90 Å². The molecule has 1 heterocycles. The fraction of sp³-hybridized carbons (Fsp3) is 0.0625. The molecule has 0 fully saturated rings. The summed E-state index contributed by atoms with van der Waals surface area (Å²) in [6.45, 7) is 0. The highest BCUT2D eigenvalue weighted by molar-refractivity contribution is 7.90. The zero-order chi connectivity index (χ0) is 14.9. The van der Waals surface area contributed by atoms with Gasteiger partial charge in [0, 0.05) is 35.9 Å². The third-order valence-electron chi connectivity index (χ3n) is 3.30. The highest BCUT2D eigenvalue weighted by Crippen LogP contribution is 2.19. The van der Waals surface area contributed by atoms with Crippen LogP contribution in [0.2, 0.25) is 0 Å². The zero-order valence-electron chi connectivity index (χ0n) is 11.5. The van der Waals surface area contributed by atoms with Crippen molar-refractivity contribution in [3.63, 3.8) is 0 Å². The number of para-hydroxylation sites is 1. The van der Waals surface area contributed by atoms with Crippen molar-refractivity contribution in [2.75, 3.05) is 0 Å². The zero-order valence-corrected chi connectivity index (χ0v) is 12.3. The van der Waals surface area contributed by atoms with Crippen LogP contribution in [-0.4, -0.2) is 19.2 Å².